The molecule has 0 amide bonds. The first-order valence-electron chi connectivity index (χ1n) is 5.75. The molecule has 0 aliphatic rings. The lowest BCUT2D eigenvalue weighted by molar-refractivity contribution is -0.385. The zero-order valence-electron chi connectivity index (χ0n) is 10.9. The number of hydrogen-bond acceptors (Lipinski definition) is 5. The molecule has 0 radical (unpaired) electrons. The van der Waals surface area contributed by atoms with Crippen LogP contribution in [0.1, 0.15) is 5.56 Å². The SMILES string of the molecule is COc1ccc(C#N)c(Oc2cc(Cl)ccc2[N+](=O)[O-])c1. The lowest BCUT2D eigenvalue weighted by Crippen LogP contribution is -1.95. The van der Waals surface area contributed by atoms with Crippen molar-refractivity contribution in [1.29, 1.82) is 5.26 Å². The number of nitrogens with zero attached hydrogens (tertiary/aromatic N) is 2. The van der Waals surface area contributed by atoms with E-state index in [-0.39, 0.29) is 27.8 Å². The van der Waals surface area contributed by atoms with Crippen molar-refractivity contribution in [2.24, 2.45) is 0 Å². The molecule has 0 aliphatic heterocycles. The third-order valence-electron chi connectivity index (χ3n) is 2.65. The van der Waals surface area contributed by atoms with Crippen molar-refractivity contribution in [3.05, 3.63) is 57.1 Å². The third kappa shape index (κ3) is 3.22. The Bertz CT molecular complexity index is 740. The van der Waals surface area contributed by atoms with Crippen molar-refractivity contribution < 1.29 is 14.4 Å². The summed E-state index contributed by atoms with van der Waals surface area (Å²) in [6.07, 6.45) is 0. The molecule has 2 aromatic carbocycles. The van der Waals surface area contributed by atoms with E-state index in [1.165, 1.54) is 37.4 Å². The highest BCUT2D eigenvalue weighted by Crippen LogP contribution is 2.36. The second-order valence-electron chi connectivity index (χ2n) is 3.95. The Hall–Kier alpha value is -2.78. The summed E-state index contributed by atoms with van der Waals surface area (Å²) in [6, 6.07) is 10.5. The van der Waals surface area contributed by atoms with Gasteiger partial charge in [-0.15, -0.1) is 0 Å². The predicted molar refractivity (Wildman–Crippen MR) is 75.9 cm³/mol. The fraction of sp³-hybridized carbons (Fsp3) is 0.0714. The quantitative estimate of drug-likeness (QED) is 0.631. The minimum Gasteiger partial charge on any atom is -0.497 e. The zero-order valence-corrected chi connectivity index (χ0v) is 11.6. The highest BCUT2D eigenvalue weighted by molar-refractivity contribution is 6.30. The van der Waals surface area contributed by atoms with Crippen molar-refractivity contribution in [3.8, 4) is 23.3 Å². The second kappa shape index (κ2) is 6.11. The van der Waals surface area contributed by atoms with Gasteiger partial charge in [-0.2, -0.15) is 5.26 Å². The highest BCUT2D eigenvalue weighted by Gasteiger charge is 2.18. The fourth-order valence-corrected chi connectivity index (χ4v) is 1.81. The van der Waals surface area contributed by atoms with E-state index < -0.39 is 4.92 Å². The van der Waals surface area contributed by atoms with Gasteiger partial charge in [-0.05, 0) is 18.2 Å². The largest absolute Gasteiger partial charge is 0.497 e. The van der Waals surface area contributed by atoms with Crippen LogP contribution in [-0.4, -0.2) is 12.0 Å². The molecule has 0 bridgehead atoms. The summed E-state index contributed by atoms with van der Waals surface area (Å²) in [5, 5.41) is 20.3. The first kappa shape index (κ1) is 14.6. The van der Waals surface area contributed by atoms with Gasteiger partial charge in [0.15, 0.2) is 0 Å². The van der Waals surface area contributed by atoms with E-state index >= 15 is 0 Å². The molecule has 0 heterocycles. The molecule has 0 saturated carbocycles. The van der Waals surface area contributed by atoms with Crippen molar-refractivity contribution in [1.82, 2.24) is 0 Å². The van der Waals surface area contributed by atoms with Gasteiger partial charge in [0.1, 0.15) is 17.6 Å². The number of nitro groups is 1. The van der Waals surface area contributed by atoms with Crippen LogP contribution >= 0.6 is 11.6 Å². The average Bonchev–Trinajstić information content (AvgIpc) is 2.47. The van der Waals surface area contributed by atoms with Gasteiger partial charge >= 0.3 is 5.69 Å². The molecule has 0 fully saturated rings. The number of ether oxygens (including phenoxy) is 2. The number of benzene rings is 2. The van der Waals surface area contributed by atoms with Crippen LogP contribution in [0.15, 0.2) is 36.4 Å². The Morgan fingerprint density at radius 1 is 1.24 bits per heavy atom. The Morgan fingerprint density at radius 3 is 2.62 bits per heavy atom. The summed E-state index contributed by atoms with van der Waals surface area (Å²) in [5.41, 5.74) is -0.0174. The molecular formula is C14H9ClN2O4. The van der Waals surface area contributed by atoms with E-state index in [0.29, 0.717) is 5.75 Å². The molecule has 2 rings (SSSR count). The molecule has 0 atom stereocenters. The van der Waals surface area contributed by atoms with Crippen LogP contribution in [0, 0.1) is 21.4 Å². The maximum absolute atomic E-state index is 11.0. The third-order valence-corrected chi connectivity index (χ3v) is 2.88. The van der Waals surface area contributed by atoms with Crippen molar-refractivity contribution in [2.75, 3.05) is 7.11 Å². The standard InChI is InChI=1S/C14H9ClN2O4/c1-20-11-4-2-9(8-16)13(7-11)21-14-6-10(15)3-5-12(14)17(18)19/h2-7H,1H3. The molecule has 0 unspecified atom stereocenters. The summed E-state index contributed by atoms with van der Waals surface area (Å²) >= 11 is 5.83. The predicted octanol–water partition coefficient (Wildman–Crippen LogP) is 3.92. The topological polar surface area (TPSA) is 85.4 Å². The van der Waals surface area contributed by atoms with Gasteiger partial charge in [0.25, 0.3) is 0 Å². The Labute approximate surface area is 125 Å². The molecule has 0 aromatic heterocycles. The van der Waals surface area contributed by atoms with E-state index in [2.05, 4.69) is 0 Å². The number of nitriles is 1. The summed E-state index contributed by atoms with van der Waals surface area (Å²) in [6.45, 7) is 0. The van der Waals surface area contributed by atoms with Crippen molar-refractivity contribution in [2.45, 2.75) is 0 Å². The minimum atomic E-state index is -0.585. The van der Waals surface area contributed by atoms with Gasteiger partial charge in [0.05, 0.1) is 17.6 Å². The summed E-state index contributed by atoms with van der Waals surface area (Å²) < 4.78 is 10.5. The number of hydrogen-bond donors (Lipinski definition) is 0. The van der Waals surface area contributed by atoms with E-state index in [1.54, 1.807) is 6.07 Å². The Morgan fingerprint density at radius 2 is 2.00 bits per heavy atom. The fourth-order valence-electron chi connectivity index (χ4n) is 1.65. The molecular weight excluding hydrogens is 296 g/mol. The maximum Gasteiger partial charge on any atom is 0.311 e. The number of halogens is 1. The van der Waals surface area contributed by atoms with Gasteiger partial charge in [0, 0.05) is 23.2 Å². The van der Waals surface area contributed by atoms with Crippen LogP contribution in [0.4, 0.5) is 5.69 Å². The first-order valence-corrected chi connectivity index (χ1v) is 6.13. The molecule has 0 saturated heterocycles. The summed E-state index contributed by atoms with van der Waals surface area (Å²) in [7, 11) is 1.47. The van der Waals surface area contributed by atoms with Gasteiger partial charge in [-0.3, -0.25) is 10.1 Å². The molecule has 6 nitrogen and oxygen atoms in total. The van der Waals surface area contributed by atoms with E-state index in [9.17, 15) is 10.1 Å². The molecule has 0 aliphatic carbocycles. The minimum absolute atomic E-state index is 0.0442. The maximum atomic E-state index is 11.0. The molecule has 2 aromatic rings. The van der Waals surface area contributed by atoms with Gasteiger partial charge < -0.3 is 9.47 Å². The van der Waals surface area contributed by atoms with Gasteiger partial charge in [-0.25, -0.2) is 0 Å². The van der Waals surface area contributed by atoms with E-state index in [1.807, 2.05) is 6.07 Å². The number of nitro benzene ring substituents is 1. The highest BCUT2D eigenvalue weighted by atomic mass is 35.5. The number of methoxy groups -OCH3 is 1. The first-order chi connectivity index (χ1) is 10.0. The van der Waals surface area contributed by atoms with Gasteiger partial charge in [-0.1, -0.05) is 11.6 Å². The zero-order chi connectivity index (χ0) is 15.4. The van der Waals surface area contributed by atoms with Crippen LogP contribution in [0.3, 0.4) is 0 Å². The average molecular weight is 305 g/mol. The molecule has 0 spiro atoms. The summed E-state index contributed by atoms with van der Waals surface area (Å²) in [5.74, 6) is 0.577. The molecule has 0 N–H and O–H groups in total. The lowest BCUT2D eigenvalue weighted by Gasteiger charge is -2.09. The molecule has 21 heavy (non-hydrogen) atoms. The van der Waals surface area contributed by atoms with Crippen LogP contribution in [0.2, 0.25) is 5.02 Å². The Balaban J connectivity index is 2.49. The molecule has 7 heteroatoms. The normalized spacial score (nSPS) is 9.76. The lowest BCUT2D eigenvalue weighted by atomic mass is 10.2. The second-order valence-corrected chi connectivity index (χ2v) is 4.38. The number of rotatable bonds is 4. The van der Waals surface area contributed by atoms with E-state index in [4.69, 9.17) is 26.3 Å². The van der Waals surface area contributed by atoms with Crippen LogP contribution in [0.5, 0.6) is 17.2 Å². The van der Waals surface area contributed by atoms with E-state index in [0.717, 1.165) is 0 Å². The van der Waals surface area contributed by atoms with Crippen LogP contribution < -0.4 is 9.47 Å². The smallest absolute Gasteiger partial charge is 0.311 e. The van der Waals surface area contributed by atoms with Crippen LogP contribution in [-0.2, 0) is 0 Å². The van der Waals surface area contributed by atoms with Crippen molar-refractivity contribution in [3.63, 3.8) is 0 Å². The molecule has 106 valence electrons. The van der Waals surface area contributed by atoms with Crippen molar-refractivity contribution >= 4 is 17.3 Å². The summed E-state index contributed by atoms with van der Waals surface area (Å²) in [4.78, 5) is 10.4. The Kier molecular flexibility index (Phi) is 4.26. The monoisotopic (exact) mass is 304 g/mol. The van der Waals surface area contributed by atoms with Crippen LogP contribution in [0.25, 0.3) is 0 Å². The van der Waals surface area contributed by atoms with Gasteiger partial charge in [0.2, 0.25) is 5.75 Å².